The zero-order chi connectivity index (χ0) is 15.5. The van der Waals surface area contributed by atoms with Gasteiger partial charge in [-0.1, -0.05) is 30.7 Å². The number of primary amides is 1. The molecular formula is C19H24ClNO. The molecule has 4 bridgehead atoms. The quantitative estimate of drug-likeness (QED) is 0.894. The first-order valence-corrected chi connectivity index (χ1v) is 8.95. The fourth-order valence-corrected chi connectivity index (χ4v) is 6.49. The first-order valence-electron chi connectivity index (χ1n) is 8.57. The van der Waals surface area contributed by atoms with Crippen molar-refractivity contribution < 1.29 is 4.79 Å². The summed E-state index contributed by atoms with van der Waals surface area (Å²) in [6, 6.07) is 8.23. The van der Waals surface area contributed by atoms with Gasteiger partial charge in [-0.2, -0.15) is 0 Å². The van der Waals surface area contributed by atoms with Crippen LogP contribution in [-0.4, -0.2) is 5.91 Å². The van der Waals surface area contributed by atoms with E-state index in [9.17, 15) is 4.79 Å². The van der Waals surface area contributed by atoms with E-state index >= 15 is 0 Å². The minimum atomic E-state index is -0.151. The van der Waals surface area contributed by atoms with E-state index in [-0.39, 0.29) is 17.2 Å². The molecule has 22 heavy (non-hydrogen) atoms. The summed E-state index contributed by atoms with van der Waals surface area (Å²) in [6.45, 7) is 2.05. The van der Waals surface area contributed by atoms with Crippen molar-refractivity contribution >= 4 is 17.5 Å². The average molecular weight is 318 g/mol. The number of nitrogens with two attached hydrogens (primary N) is 1. The van der Waals surface area contributed by atoms with Crippen molar-refractivity contribution in [1.82, 2.24) is 0 Å². The van der Waals surface area contributed by atoms with Crippen LogP contribution in [0.3, 0.4) is 0 Å². The zero-order valence-electron chi connectivity index (χ0n) is 13.1. The Morgan fingerprint density at radius 2 is 1.59 bits per heavy atom. The van der Waals surface area contributed by atoms with Gasteiger partial charge in [-0.3, -0.25) is 4.79 Å². The van der Waals surface area contributed by atoms with Crippen molar-refractivity contribution in [2.45, 2.75) is 44.4 Å². The van der Waals surface area contributed by atoms with E-state index in [2.05, 4.69) is 19.1 Å². The second kappa shape index (κ2) is 4.99. The van der Waals surface area contributed by atoms with Crippen LogP contribution in [0.4, 0.5) is 0 Å². The van der Waals surface area contributed by atoms with Crippen LogP contribution in [-0.2, 0) is 10.2 Å². The molecule has 2 nitrogen and oxygen atoms in total. The van der Waals surface area contributed by atoms with Gasteiger partial charge in [0.15, 0.2) is 0 Å². The molecule has 0 saturated heterocycles. The maximum Gasteiger partial charge on any atom is 0.221 e. The molecule has 1 amide bonds. The van der Waals surface area contributed by atoms with Crippen LogP contribution in [0.5, 0.6) is 0 Å². The lowest BCUT2D eigenvalue weighted by atomic mass is 9.41. The summed E-state index contributed by atoms with van der Waals surface area (Å²) in [5.74, 6) is 2.71. The van der Waals surface area contributed by atoms with E-state index in [1.54, 1.807) is 0 Å². The van der Waals surface area contributed by atoms with Crippen molar-refractivity contribution in [2.24, 2.45) is 35.3 Å². The fourth-order valence-electron chi connectivity index (χ4n) is 6.37. The van der Waals surface area contributed by atoms with Gasteiger partial charge in [0.1, 0.15) is 0 Å². The Balaban J connectivity index is 1.86. The molecule has 2 N–H and O–H groups in total. The van der Waals surface area contributed by atoms with Gasteiger partial charge in [0.05, 0.1) is 0 Å². The monoisotopic (exact) mass is 317 g/mol. The molecule has 3 heteroatoms. The standard InChI is InChI=1S/C19H24ClNO/c1-11(18(21)22)19(14-2-4-17(20)5-3-14)15-7-12-6-13(9-15)10-16(19)8-12/h2-5,11-13,15-16H,6-10H2,1H3,(H2,21,22). The fraction of sp³-hybridized carbons (Fsp3) is 0.632. The molecule has 0 radical (unpaired) electrons. The number of halogens is 1. The minimum absolute atomic E-state index is 0.0656. The predicted octanol–water partition coefficient (Wildman–Crippen LogP) is 4.16. The van der Waals surface area contributed by atoms with E-state index in [0.717, 1.165) is 16.9 Å². The normalized spacial score (nSPS) is 40.6. The Morgan fingerprint density at radius 1 is 1.09 bits per heavy atom. The van der Waals surface area contributed by atoms with Crippen LogP contribution < -0.4 is 5.73 Å². The first-order chi connectivity index (χ1) is 10.5. The highest BCUT2D eigenvalue weighted by Crippen LogP contribution is 2.65. The van der Waals surface area contributed by atoms with Gasteiger partial charge in [0, 0.05) is 16.4 Å². The minimum Gasteiger partial charge on any atom is -0.369 e. The molecule has 4 fully saturated rings. The summed E-state index contributed by atoms with van der Waals surface area (Å²) in [7, 11) is 0. The molecule has 1 aromatic carbocycles. The van der Waals surface area contributed by atoms with Crippen molar-refractivity contribution in [2.75, 3.05) is 0 Å². The molecule has 5 rings (SSSR count). The number of benzene rings is 1. The van der Waals surface area contributed by atoms with E-state index < -0.39 is 0 Å². The van der Waals surface area contributed by atoms with Crippen LogP contribution in [0.15, 0.2) is 24.3 Å². The highest BCUT2D eigenvalue weighted by Gasteiger charge is 2.60. The predicted molar refractivity (Wildman–Crippen MR) is 88.5 cm³/mol. The molecule has 0 heterocycles. The molecule has 0 spiro atoms. The van der Waals surface area contributed by atoms with Gasteiger partial charge >= 0.3 is 0 Å². The number of carbonyl (C=O) groups excluding carboxylic acids is 1. The second-order valence-electron chi connectivity index (χ2n) is 7.87. The smallest absolute Gasteiger partial charge is 0.221 e. The van der Waals surface area contributed by atoms with Crippen LogP contribution in [0.2, 0.25) is 5.02 Å². The molecule has 4 saturated carbocycles. The second-order valence-corrected chi connectivity index (χ2v) is 8.30. The summed E-state index contributed by atoms with van der Waals surface area (Å²) in [4.78, 5) is 12.2. The highest BCUT2D eigenvalue weighted by atomic mass is 35.5. The highest BCUT2D eigenvalue weighted by molar-refractivity contribution is 6.30. The van der Waals surface area contributed by atoms with Crippen LogP contribution in [0.25, 0.3) is 0 Å². The Bertz CT molecular complexity index is 566. The molecule has 118 valence electrons. The average Bonchev–Trinajstić information content (AvgIpc) is 2.48. The Kier molecular flexibility index (Phi) is 3.30. The summed E-state index contributed by atoms with van der Waals surface area (Å²) >= 11 is 6.10. The summed E-state index contributed by atoms with van der Waals surface area (Å²) in [5, 5.41) is 0.759. The number of rotatable bonds is 3. The first kappa shape index (κ1) is 14.6. The number of hydrogen-bond acceptors (Lipinski definition) is 1. The summed E-state index contributed by atoms with van der Waals surface area (Å²) in [5.41, 5.74) is 7.03. The summed E-state index contributed by atoms with van der Waals surface area (Å²) in [6.07, 6.45) is 6.50. The van der Waals surface area contributed by atoms with Crippen molar-refractivity contribution in [3.8, 4) is 0 Å². The lowest BCUT2D eigenvalue weighted by molar-refractivity contribution is -0.135. The van der Waals surface area contributed by atoms with Gasteiger partial charge in [-0.15, -0.1) is 0 Å². The third-order valence-corrected chi connectivity index (χ3v) is 7.23. The van der Waals surface area contributed by atoms with E-state index in [1.165, 1.54) is 37.7 Å². The van der Waals surface area contributed by atoms with Gasteiger partial charge in [-0.25, -0.2) is 0 Å². The molecule has 1 aromatic rings. The van der Waals surface area contributed by atoms with Gasteiger partial charge in [-0.05, 0) is 73.5 Å². The molecule has 4 aliphatic rings. The zero-order valence-corrected chi connectivity index (χ0v) is 13.9. The van der Waals surface area contributed by atoms with Gasteiger partial charge in [0.25, 0.3) is 0 Å². The third kappa shape index (κ3) is 1.89. The lowest BCUT2D eigenvalue weighted by Crippen LogP contribution is -2.60. The largest absolute Gasteiger partial charge is 0.369 e. The van der Waals surface area contributed by atoms with Crippen molar-refractivity contribution in [1.29, 1.82) is 0 Å². The topological polar surface area (TPSA) is 43.1 Å². The maximum absolute atomic E-state index is 12.2. The molecule has 0 aliphatic heterocycles. The summed E-state index contributed by atoms with van der Waals surface area (Å²) < 4.78 is 0. The van der Waals surface area contributed by atoms with Crippen LogP contribution in [0.1, 0.15) is 44.6 Å². The molecule has 1 atom stereocenters. The molecule has 4 aliphatic carbocycles. The maximum atomic E-state index is 12.2. The Morgan fingerprint density at radius 3 is 2.05 bits per heavy atom. The van der Waals surface area contributed by atoms with Crippen LogP contribution >= 0.6 is 11.6 Å². The van der Waals surface area contributed by atoms with E-state index in [1.807, 2.05) is 12.1 Å². The number of amides is 1. The number of hydrogen-bond donors (Lipinski definition) is 1. The SMILES string of the molecule is CC(C(N)=O)C1(c2ccc(Cl)cc2)C2CC3CC(C2)CC1C3. The Hall–Kier alpha value is -1.02. The van der Waals surface area contributed by atoms with Crippen LogP contribution in [0, 0.1) is 29.6 Å². The molecular weight excluding hydrogens is 294 g/mol. The number of carbonyl (C=O) groups is 1. The van der Waals surface area contributed by atoms with Crippen molar-refractivity contribution in [3.05, 3.63) is 34.9 Å². The lowest BCUT2D eigenvalue weighted by Gasteiger charge is -2.63. The van der Waals surface area contributed by atoms with Gasteiger partial charge < -0.3 is 5.73 Å². The van der Waals surface area contributed by atoms with E-state index in [4.69, 9.17) is 17.3 Å². The molecule has 1 unspecified atom stereocenters. The molecule has 0 aromatic heterocycles. The van der Waals surface area contributed by atoms with Crippen molar-refractivity contribution in [3.63, 3.8) is 0 Å². The van der Waals surface area contributed by atoms with Gasteiger partial charge in [0.2, 0.25) is 5.91 Å². The third-order valence-electron chi connectivity index (χ3n) is 6.98. The Labute approximate surface area is 137 Å². The van der Waals surface area contributed by atoms with E-state index in [0.29, 0.717) is 11.8 Å².